The SMILES string of the molecule is Cc1ccc([C@H](C)NC(=O)c2ccc(C)c(S(=O)(=O)N3CCCCCC3)c2)c(C)c1. The first-order chi connectivity index (χ1) is 14.2. The third kappa shape index (κ3) is 4.93. The van der Waals surface area contributed by atoms with E-state index < -0.39 is 10.0 Å². The second-order valence-electron chi connectivity index (χ2n) is 8.35. The molecule has 6 heteroatoms. The van der Waals surface area contributed by atoms with E-state index in [1.807, 2.05) is 32.9 Å². The zero-order chi connectivity index (χ0) is 21.9. The number of rotatable bonds is 5. The molecule has 162 valence electrons. The molecule has 1 amide bonds. The van der Waals surface area contributed by atoms with Crippen molar-refractivity contribution in [1.29, 1.82) is 0 Å². The molecular formula is C24H32N2O3S. The monoisotopic (exact) mass is 428 g/mol. The van der Waals surface area contributed by atoms with E-state index in [9.17, 15) is 13.2 Å². The smallest absolute Gasteiger partial charge is 0.251 e. The maximum absolute atomic E-state index is 13.3. The summed E-state index contributed by atoms with van der Waals surface area (Å²) in [5.41, 5.74) is 4.38. The molecule has 0 saturated carbocycles. The third-order valence-electron chi connectivity index (χ3n) is 5.87. The van der Waals surface area contributed by atoms with Crippen LogP contribution < -0.4 is 5.32 Å². The lowest BCUT2D eigenvalue weighted by Crippen LogP contribution is -2.33. The summed E-state index contributed by atoms with van der Waals surface area (Å²) in [5, 5.41) is 3.01. The van der Waals surface area contributed by atoms with E-state index in [1.165, 1.54) is 11.6 Å². The van der Waals surface area contributed by atoms with E-state index in [0.717, 1.165) is 36.8 Å². The van der Waals surface area contributed by atoms with Crippen LogP contribution in [0.3, 0.4) is 0 Å². The Kier molecular flexibility index (Phi) is 6.98. The summed E-state index contributed by atoms with van der Waals surface area (Å²) in [7, 11) is -3.61. The Bertz CT molecular complexity index is 1020. The lowest BCUT2D eigenvalue weighted by Gasteiger charge is -2.22. The number of hydrogen-bond acceptors (Lipinski definition) is 3. The molecule has 0 aromatic heterocycles. The third-order valence-corrected chi connectivity index (χ3v) is 7.91. The van der Waals surface area contributed by atoms with Gasteiger partial charge in [-0.2, -0.15) is 4.31 Å². The summed E-state index contributed by atoms with van der Waals surface area (Å²) in [5.74, 6) is -0.269. The Morgan fingerprint density at radius 2 is 1.60 bits per heavy atom. The normalized spacial score (nSPS) is 16.7. The molecule has 0 radical (unpaired) electrons. The average molecular weight is 429 g/mol. The standard InChI is InChI=1S/C24H32N2O3S/c1-17-9-12-22(19(3)15-17)20(4)25-24(27)21-11-10-18(2)23(16-21)30(28,29)26-13-7-5-6-8-14-26/h9-12,15-16,20H,5-8,13-14H2,1-4H3,(H,25,27)/t20-/m0/s1. The molecular weight excluding hydrogens is 396 g/mol. The highest BCUT2D eigenvalue weighted by molar-refractivity contribution is 7.89. The number of aryl methyl sites for hydroxylation is 3. The van der Waals surface area contributed by atoms with Gasteiger partial charge in [-0.1, -0.05) is 42.7 Å². The maximum Gasteiger partial charge on any atom is 0.251 e. The lowest BCUT2D eigenvalue weighted by molar-refractivity contribution is 0.0939. The number of amides is 1. The van der Waals surface area contributed by atoms with E-state index in [0.29, 0.717) is 24.2 Å². The number of nitrogens with one attached hydrogen (secondary N) is 1. The van der Waals surface area contributed by atoms with Gasteiger partial charge < -0.3 is 5.32 Å². The Hall–Kier alpha value is -2.18. The summed E-state index contributed by atoms with van der Waals surface area (Å²) in [4.78, 5) is 13.1. The Morgan fingerprint density at radius 1 is 0.933 bits per heavy atom. The first-order valence-corrected chi connectivity index (χ1v) is 12.1. The number of carbonyl (C=O) groups is 1. The Balaban J connectivity index is 1.84. The highest BCUT2D eigenvalue weighted by Crippen LogP contribution is 2.25. The lowest BCUT2D eigenvalue weighted by atomic mass is 10.00. The zero-order valence-corrected chi connectivity index (χ0v) is 19.2. The van der Waals surface area contributed by atoms with E-state index in [1.54, 1.807) is 23.4 Å². The first-order valence-electron chi connectivity index (χ1n) is 10.7. The van der Waals surface area contributed by atoms with Gasteiger partial charge in [0.1, 0.15) is 0 Å². The molecule has 1 saturated heterocycles. The predicted octanol–water partition coefficient (Wildman–Crippen LogP) is 4.67. The summed E-state index contributed by atoms with van der Waals surface area (Å²) in [6.45, 7) is 8.88. The fraction of sp³-hybridized carbons (Fsp3) is 0.458. The Morgan fingerprint density at radius 3 is 2.23 bits per heavy atom. The van der Waals surface area contributed by atoms with Gasteiger partial charge in [-0.25, -0.2) is 8.42 Å². The van der Waals surface area contributed by atoms with Crippen molar-refractivity contribution in [2.45, 2.75) is 64.3 Å². The quantitative estimate of drug-likeness (QED) is 0.753. The Labute approximate surface area is 180 Å². The highest BCUT2D eigenvalue weighted by atomic mass is 32.2. The molecule has 1 fully saturated rings. The van der Waals surface area contributed by atoms with Crippen LogP contribution in [-0.4, -0.2) is 31.7 Å². The number of nitrogens with zero attached hydrogens (tertiary/aromatic N) is 1. The topological polar surface area (TPSA) is 66.5 Å². The van der Waals surface area contributed by atoms with Crippen molar-refractivity contribution in [2.75, 3.05) is 13.1 Å². The first kappa shape index (κ1) is 22.5. The van der Waals surface area contributed by atoms with Gasteiger partial charge in [-0.05, 0) is 69.4 Å². The minimum absolute atomic E-state index is 0.176. The molecule has 0 bridgehead atoms. The second kappa shape index (κ2) is 9.31. The molecule has 5 nitrogen and oxygen atoms in total. The molecule has 0 unspecified atom stereocenters. The summed E-state index contributed by atoms with van der Waals surface area (Å²) in [6, 6.07) is 10.9. The van der Waals surface area contributed by atoms with Crippen LogP contribution >= 0.6 is 0 Å². The minimum atomic E-state index is -3.61. The van der Waals surface area contributed by atoms with Crippen molar-refractivity contribution < 1.29 is 13.2 Å². The zero-order valence-electron chi connectivity index (χ0n) is 18.4. The molecule has 3 rings (SSSR count). The molecule has 1 N–H and O–H groups in total. The van der Waals surface area contributed by atoms with Gasteiger partial charge in [0.05, 0.1) is 10.9 Å². The van der Waals surface area contributed by atoms with Crippen molar-refractivity contribution in [2.24, 2.45) is 0 Å². The van der Waals surface area contributed by atoms with Crippen LogP contribution in [0.5, 0.6) is 0 Å². The minimum Gasteiger partial charge on any atom is -0.346 e. The van der Waals surface area contributed by atoms with Gasteiger partial charge in [0.15, 0.2) is 0 Å². The van der Waals surface area contributed by atoms with Crippen molar-refractivity contribution in [1.82, 2.24) is 9.62 Å². The summed E-state index contributed by atoms with van der Waals surface area (Å²) >= 11 is 0. The van der Waals surface area contributed by atoms with Crippen molar-refractivity contribution in [3.63, 3.8) is 0 Å². The van der Waals surface area contributed by atoms with Gasteiger partial charge in [0.2, 0.25) is 10.0 Å². The molecule has 1 heterocycles. The van der Waals surface area contributed by atoms with Gasteiger partial charge >= 0.3 is 0 Å². The largest absolute Gasteiger partial charge is 0.346 e. The van der Waals surface area contributed by atoms with Crippen LogP contribution in [-0.2, 0) is 10.0 Å². The fourth-order valence-electron chi connectivity index (χ4n) is 4.11. The number of hydrogen-bond donors (Lipinski definition) is 1. The molecule has 2 aromatic carbocycles. The van der Waals surface area contributed by atoms with E-state index in [4.69, 9.17) is 0 Å². The molecule has 30 heavy (non-hydrogen) atoms. The van der Waals surface area contributed by atoms with Gasteiger partial charge in [-0.3, -0.25) is 4.79 Å². The van der Waals surface area contributed by atoms with Crippen molar-refractivity contribution in [3.05, 3.63) is 64.2 Å². The molecule has 0 spiro atoms. The van der Waals surface area contributed by atoms with E-state index in [-0.39, 0.29) is 16.8 Å². The summed E-state index contributed by atoms with van der Waals surface area (Å²) in [6.07, 6.45) is 3.88. The van der Waals surface area contributed by atoms with Crippen LogP contribution in [0.1, 0.15) is 71.3 Å². The van der Waals surface area contributed by atoms with E-state index >= 15 is 0 Å². The maximum atomic E-state index is 13.3. The molecule has 1 atom stereocenters. The van der Waals surface area contributed by atoms with Gasteiger partial charge in [0.25, 0.3) is 5.91 Å². The summed E-state index contributed by atoms with van der Waals surface area (Å²) < 4.78 is 28.1. The highest BCUT2D eigenvalue weighted by Gasteiger charge is 2.27. The van der Waals surface area contributed by atoms with Crippen LogP contribution in [0.15, 0.2) is 41.3 Å². The van der Waals surface area contributed by atoms with Crippen LogP contribution in [0.2, 0.25) is 0 Å². The van der Waals surface area contributed by atoms with E-state index in [2.05, 4.69) is 11.4 Å². The fourth-order valence-corrected chi connectivity index (χ4v) is 5.88. The average Bonchev–Trinajstić information content (AvgIpc) is 2.98. The molecule has 2 aromatic rings. The number of carbonyl (C=O) groups excluding carboxylic acids is 1. The van der Waals surface area contributed by atoms with Gasteiger partial charge in [-0.15, -0.1) is 0 Å². The molecule has 1 aliphatic rings. The van der Waals surface area contributed by atoms with Crippen LogP contribution in [0, 0.1) is 20.8 Å². The van der Waals surface area contributed by atoms with Crippen LogP contribution in [0.4, 0.5) is 0 Å². The van der Waals surface area contributed by atoms with Crippen molar-refractivity contribution in [3.8, 4) is 0 Å². The predicted molar refractivity (Wildman–Crippen MR) is 120 cm³/mol. The number of benzene rings is 2. The van der Waals surface area contributed by atoms with Crippen molar-refractivity contribution >= 4 is 15.9 Å². The van der Waals surface area contributed by atoms with Gasteiger partial charge in [0, 0.05) is 18.7 Å². The number of sulfonamides is 1. The molecule has 1 aliphatic heterocycles. The molecule has 0 aliphatic carbocycles. The van der Waals surface area contributed by atoms with Crippen LogP contribution in [0.25, 0.3) is 0 Å². The second-order valence-corrected chi connectivity index (χ2v) is 10.3.